The number of nitrogens with zero attached hydrogens (tertiary/aromatic N) is 2. The molecule has 0 aliphatic carbocycles. The second-order valence-electron chi connectivity index (χ2n) is 7.20. The zero-order valence-corrected chi connectivity index (χ0v) is 15.0. The number of amides is 1. The van der Waals surface area contributed by atoms with Gasteiger partial charge in [0.1, 0.15) is 0 Å². The van der Waals surface area contributed by atoms with Gasteiger partial charge in [0, 0.05) is 6.54 Å². The third-order valence-electron chi connectivity index (χ3n) is 5.61. The van der Waals surface area contributed by atoms with E-state index in [-0.39, 0.29) is 11.8 Å². The van der Waals surface area contributed by atoms with Crippen molar-refractivity contribution in [3.05, 3.63) is 23.3 Å². The van der Waals surface area contributed by atoms with Crippen molar-refractivity contribution in [2.24, 2.45) is 0 Å². The molecule has 1 N–H and O–H groups in total. The molecule has 1 amide bonds. The minimum absolute atomic E-state index is 0.101. The summed E-state index contributed by atoms with van der Waals surface area (Å²) in [6, 6.07) is 3.55. The lowest BCUT2D eigenvalue weighted by molar-refractivity contribution is -0.883. The predicted molar refractivity (Wildman–Crippen MR) is 90.9 cm³/mol. The summed E-state index contributed by atoms with van der Waals surface area (Å²) in [7, 11) is -1.40. The first-order valence-corrected chi connectivity index (χ1v) is 10.1. The Morgan fingerprint density at radius 2 is 1.88 bits per heavy atom. The van der Waals surface area contributed by atoms with E-state index in [1.54, 1.807) is 16.4 Å². The zero-order valence-electron chi connectivity index (χ0n) is 14.2. The fourth-order valence-corrected chi connectivity index (χ4v) is 5.60. The summed E-state index contributed by atoms with van der Waals surface area (Å²) in [4.78, 5) is 16.0. The highest BCUT2D eigenvalue weighted by atomic mass is 32.2. The fraction of sp³-hybridized carbons (Fsp3) is 0.588. The number of anilines is 1. The molecule has 0 saturated carbocycles. The summed E-state index contributed by atoms with van der Waals surface area (Å²) in [6.07, 6.45) is 1.74. The van der Waals surface area contributed by atoms with Crippen LogP contribution >= 0.6 is 0 Å². The number of benzene rings is 1. The Balaban J connectivity index is 1.77. The summed E-state index contributed by atoms with van der Waals surface area (Å²) in [5.74, 6) is -0.146. The Bertz CT molecular complexity index is 798. The van der Waals surface area contributed by atoms with E-state index in [2.05, 4.69) is 7.05 Å². The SMILES string of the molecule is C[C@H]1C(=O)N2CCCc3cc(S(=O)(=O)N4CC[NH+](C)CC4)cc1c32. The monoisotopic (exact) mass is 350 g/mol. The Hall–Kier alpha value is -1.44. The molecule has 3 aliphatic rings. The number of carbonyl (C=O) groups is 1. The van der Waals surface area contributed by atoms with Crippen LogP contribution < -0.4 is 9.80 Å². The molecule has 0 bridgehead atoms. The number of quaternary nitrogens is 1. The van der Waals surface area contributed by atoms with E-state index in [1.807, 2.05) is 11.8 Å². The maximum atomic E-state index is 13.1. The molecule has 130 valence electrons. The Labute approximate surface area is 143 Å². The van der Waals surface area contributed by atoms with Gasteiger partial charge in [0.05, 0.1) is 49.7 Å². The third kappa shape index (κ3) is 2.29. The summed E-state index contributed by atoms with van der Waals surface area (Å²) < 4.78 is 27.7. The average Bonchev–Trinajstić information content (AvgIpc) is 2.82. The lowest BCUT2D eigenvalue weighted by atomic mass is 9.97. The highest BCUT2D eigenvalue weighted by molar-refractivity contribution is 7.89. The molecule has 1 fully saturated rings. The van der Waals surface area contributed by atoms with Gasteiger partial charge in [-0.1, -0.05) is 0 Å². The van der Waals surface area contributed by atoms with E-state index in [0.717, 1.165) is 49.3 Å². The number of sulfonamides is 1. The van der Waals surface area contributed by atoms with Crippen molar-refractivity contribution in [3.63, 3.8) is 0 Å². The molecule has 4 rings (SSSR count). The smallest absolute Gasteiger partial charge is 0.243 e. The van der Waals surface area contributed by atoms with Crippen LogP contribution in [0.3, 0.4) is 0 Å². The third-order valence-corrected chi connectivity index (χ3v) is 7.48. The molecule has 0 spiro atoms. The minimum atomic E-state index is -3.48. The van der Waals surface area contributed by atoms with E-state index < -0.39 is 10.0 Å². The van der Waals surface area contributed by atoms with E-state index in [4.69, 9.17) is 0 Å². The average molecular weight is 350 g/mol. The van der Waals surface area contributed by atoms with Crippen LogP contribution in [-0.2, 0) is 21.2 Å². The molecule has 24 heavy (non-hydrogen) atoms. The van der Waals surface area contributed by atoms with Gasteiger partial charge in [0.25, 0.3) is 0 Å². The van der Waals surface area contributed by atoms with Crippen molar-refractivity contribution < 1.29 is 18.1 Å². The topological polar surface area (TPSA) is 62.1 Å². The van der Waals surface area contributed by atoms with Crippen molar-refractivity contribution in [2.75, 3.05) is 44.7 Å². The van der Waals surface area contributed by atoms with E-state index in [9.17, 15) is 13.2 Å². The van der Waals surface area contributed by atoms with E-state index in [1.165, 1.54) is 4.90 Å². The van der Waals surface area contributed by atoms with Gasteiger partial charge in [-0.15, -0.1) is 0 Å². The predicted octanol–water partition coefficient (Wildman–Crippen LogP) is -0.398. The van der Waals surface area contributed by atoms with Crippen LogP contribution in [0.1, 0.15) is 30.4 Å². The second-order valence-corrected chi connectivity index (χ2v) is 9.13. The quantitative estimate of drug-likeness (QED) is 0.790. The number of aryl methyl sites for hydroxylation is 1. The summed E-state index contributed by atoms with van der Waals surface area (Å²) >= 11 is 0. The van der Waals surface area contributed by atoms with Gasteiger partial charge in [0.15, 0.2) is 0 Å². The van der Waals surface area contributed by atoms with E-state index >= 15 is 0 Å². The number of nitrogens with one attached hydrogen (secondary N) is 1. The van der Waals surface area contributed by atoms with Crippen molar-refractivity contribution in [3.8, 4) is 0 Å². The maximum Gasteiger partial charge on any atom is 0.243 e. The number of hydrogen-bond donors (Lipinski definition) is 1. The van der Waals surface area contributed by atoms with Gasteiger partial charge >= 0.3 is 0 Å². The molecule has 1 aromatic rings. The summed E-state index contributed by atoms with van der Waals surface area (Å²) in [5, 5.41) is 0. The van der Waals surface area contributed by atoms with Crippen molar-refractivity contribution in [1.29, 1.82) is 0 Å². The lowest BCUT2D eigenvalue weighted by Gasteiger charge is -2.30. The van der Waals surface area contributed by atoms with Crippen molar-refractivity contribution in [2.45, 2.75) is 30.6 Å². The number of likely N-dealkylation sites (N-methyl/N-ethyl adjacent to an activating group) is 1. The number of hydrogen-bond acceptors (Lipinski definition) is 3. The summed E-state index contributed by atoms with van der Waals surface area (Å²) in [6.45, 7) is 5.41. The number of rotatable bonds is 2. The fourth-order valence-electron chi connectivity index (χ4n) is 4.07. The van der Waals surface area contributed by atoms with Crippen LogP contribution in [0.15, 0.2) is 17.0 Å². The van der Waals surface area contributed by atoms with Gasteiger partial charge in [-0.3, -0.25) is 4.79 Å². The Morgan fingerprint density at radius 1 is 1.17 bits per heavy atom. The number of carbonyl (C=O) groups excluding carboxylic acids is 1. The molecule has 3 heterocycles. The molecule has 7 heteroatoms. The van der Waals surface area contributed by atoms with Gasteiger partial charge in [-0.2, -0.15) is 4.31 Å². The molecule has 0 unspecified atom stereocenters. The first-order chi connectivity index (χ1) is 11.4. The van der Waals surface area contributed by atoms with Crippen LogP contribution in [0.5, 0.6) is 0 Å². The highest BCUT2D eigenvalue weighted by Gasteiger charge is 2.39. The van der Waals surface area contributed by atoms with Gasteiger partial charge in [-0.05, 0) is 43.0 Å². The molecule has 1 aromatic carbocycles. The Morgan fingerprint density at radius 3 is 2.58 bits per heavy atom. The zero-order chi connectivity index (χ0) is 17.1. The molecule has 6 nitrogen and oxygen atoms in total. The van der Waals surface area contributed by atoms with Crippen LogP contribution in [0, 0.1) is 0 Å². The van der Waals surface area contributed by atoms with Crippen LogP contribution in [0.4, 0.5) is 5.69 Å². The second kappa shape index (κ2) is 5.54. The first kappa shape index (κ1) is 16.1. The molecule has 3 aliphatic heterocycles. The summed E-state index contributed by atoms with van der Waals surface area (Å²) in [5.41, 5.74) is 2.87. The normalized spacial score (nSPS) is 25.2. The molecular formula is C17H24N3O3S+. The lowest BCUT2D eigenvalue weighted by Crippen LogP contribution is -3.12. The molecule has 1 atom stereocenters. The molecule has 0 aromatic heterocycles. The van der Waals surface area contributed by atoms with Gasteiger partial charge in [0.2, 0.25) is 15.9 Å². The maximum absolute atomic E-state index is 13.1. The molecular weight excluding hydrogens is 326 g/mol. The van der Waals surface area contributed by atoms with Crippen molar-refractivity contribution in [1.82, 2.24) is 4.31 Å². The van der Waals surface area contributed by atoms with Gasteiger partial charge < -0.3 is 9.80 Å². The van der Waals surface area contributed by atoms with Gasteiger partial charge in [-0.25, -0.2) is 8.42 Å². The molecule has 0 radical (unpaired) electrons. The van der Waals surface area contributed by atoms with Crippen LogP contribution in [0.2, 0.25) is 0 Å². The standard InChI is InChI=1S/C17H23N3O3S/c1-12-15-11-14(24(22,23)19-8-6-18(2)7-9-19)10-13-4-3-5-20(16(13)15)17(12)21/h10-12H,3-9H2,1-2H3/p+1/t12-/m1/s1. The largest absolute Gasteiger partial charge is 0.335 e. The number of piperazine rings is 1. The van der Waals surface area contributed by atoms with Crippen LogP contribution in [-0.4, -0.2) is 58.4 Å². The first-order valence-electron chi connectivity index (χ1n) is 8.69. The van der Waals surface area contributed by atoms with Crippen LogP contribution in [0.25, 0.3) is 0 Å². The highest BCUT2D eigenvalue weighted by Crippen LogP contribution is 2.44. The molecule has 1 saturated heterocycles. The van der Waals surface area contributed by atoms with Crippen molar-refractivity contribution >= 4 is 21.6 Å². The minimum Gasteiger partial charge on any atom is -0.335 e. The van der Waals surface area contributed by atoms with E-state index in [0.29, 0.717) is 18.0 Å². The Kier molecular flexibility index (Phi) is 3.71.